The van der Waals surface area contributed by atoms with Crippen LogP contribution < -0.4 is 10.2 Å². The number of amides is 3. The number of nitrogens with one attached hydrogen (secondary N) is 1. The number of hydrogen-bond acceptors (Lipinski definition) is 7. The molecule has 210 valence electrons. The van der Waals surface area contributed by atoms with Crippen molar-refractivity contribution in [2.45, 2.75) is 51.0 Å². The van der Waals surface area contributed by atoms with Crippen LogP contribution in [0.4, 0.5) is 15.3 Å². The summed E-state index contributed by atoms with van der Waals surface area (Å²) in [6, 6.07) is 17.8. The number of hydrogen-bond donors (Lipinski definition) is 2. The molecule has 10 heteroatoms. The van der Waals surface area contributed by atoms with Crippen molar-refractivity contribution in [2.75, 3.05) is 37.7 Å². The normalized spacial score (nSPS) is 20.4. The van der Waals surface area contributed by atoms with Crippen LogP contribution in [0.5, 0.6) is 0 Å². The number of para-hydroxylation sites is 1. The number of nitrogens with zero attached hydrogens (tertiary/aromatic N) is 2. The Bertz CT molecular complexity index is 1090. The molecule has 4 rings (SSSR count). The van der Waals surface area contributed by atoms with Gasteiger partial charge in [-0.1, -0.05) is 62.4 Å². The number of carbonyl (C=O) groups is 3. The van der Waals surface area contributed by atoms with Crippen molar-refractivity contribution in [3.63, 3.8) is 0 Å². The van der Waals surface area contributed by atoms with E-state index < -0.39 is 36.3 Å². The van der Waals surface area contributed by atoms with Gasteiger partial charge in [0.1, 0.15) is 6.10 Å². The highest BCUT2D eigenvalue weighted by Crippen LogP contribution is 2.23. The summed E-state index contributed by atoms with van der Waals surface area (Å²) in [5.74, 6) is -0.296. The van der Waals surface area contributed by atoms with Crippen LogP contribution in [-0.2, 0) is 25.4 Å². The third kappa shape index (κ3) is 7.93. The lowest BCUT2D eigenvalue weighted by molar-refractivity contribution is -0.140. The molecule has 0 radical (unpaired) electrons. The number of benzene rings is 2. The third-order valence-corrected chi connectivity index (χ3v) is 6.69. The molecule has 10 nitrogen and oxygen atoms in total. The second kappa shape index (κ2) is 13.4. The van der Waals surface area contributed by atoms with Gasteiger partial charge in [0.25, 0.3) is 5.91 Å². The van der Waals surface area contributed by atoms with Crippen LogP contribution in [-0.4, -0.2) is 85.3 Å². The molecule has 0 aliphatic carbocycles. The van der Waals surface area contributed by atoms with E-state index in [2.05, 4.69) is 5.32 Å². The second-order valence-electron chi connectivity index (χ2n) is 10.4. The van der Waals surface area contributed by atoms with E-state index in [-0.39, 0.29) is 25.1 Å². The minimum atomic E-state index is -1.11. The van der Waals surface area contributed by atoms with Gasteiger partial charge in [-0.25, -0.2) is 9.59 Å². The smallest absolute Gasteiger partial charge is 0.415 e. The van der Waals surface area contributed by atoms with Gasteiger partial charge in [0, 0.05) is 25.2 Å². The van der Waals surface area contributed by atoms with Crippen molar-refractivity contribution < 1.29 is 33.7 Å². The number of ether oxygens (including phenoxy) is 3. The Morgan fingerprint density at radius 3 is 2.44 bits per heavy atom. The van der Waals surface area contributed by atoms with Gasteiger partial charge in [-0.05, 0) is 30.0 Å². The van der Waals surface area contributed by atoms with Gasteiger partial charge in [-0.2, -0.15) is 0 Å². The van der Waals surface area contributed by atoms with Gasteiger partial charge < -0.3 is 29.5 Å². The first-order valence-electron chi connectivity index (χ1n) is 13.4. The maximum Gasteiger partial charge on any atom is 0.415 e. The van der Waals surface area contributed by atoms with E-state index in [1.807, 2.05) is 62.4 Å². The minimum Gasteiger partial charge on any atom is -0.444 e. The van der Waals surface area contributed by atoms with Gasteiger partial charge in [0.2, 0.25) is 0 Å². The fourth-order valence-corrected chi connectivity index (χ4v) is 4.76. The van der Waals surface area contributed by atoms with Crippen molar-refractivity contribution in [3.8, 4) is 0 Å². The van der Waals surface area contributed by atoms with Crippen LogP contribution >= 0.6 is 0 Å². The number of carbonyl (C=O) groups excluding carboxylic acids is 3. The van der Waals surface area contributed by atoms with Crippen molar-refractivity contribution >= 4 is 23.8 Å². The summed E-state index contributed by atoms with van der Waals surface area (Å²) < 4.78 is 16.2. The summed E-state index contributed by atoms with van der Waals surface area (Å²) in [7, 11) is 0. The maximum absolute atomic E-state index is 13.6. The number of aliphatic hydroxyl groups is 1. The van der Waals surface area contributed by atoms with E-state index in [9.17, 15) is 19.5 Å². The first-order chi connectivity index (χ1) is 18.8. The van der Waals surface area contributed by atoms with Gasteiger partial charge in [0.05, 0.1) is 31.9 Å². The lowest BCUT2D eigenvalue weighted by Crippen LogP contribution is -2.53. The molecule has 2 aromatic carbocycles. The van der Waals surface area contributed by atoms with E-state index in [4.69, 9.17) is 14.2 Å². The summed E-state index contributed by atoms with van der Waals surface area (Å²) in [6.45, 7) is 5.17. The molecule has 0 spiro atoms. The molecule has 2 fully saturated rings. The molecule has 4 atom stereocenters. The van der Waals surface area contributed by atoms with Crippen LogP contribution in [0.15, 0.2) is 60.7 Å². The molecule has 2 aliphatic rings. The monoisotopic (exact) mass is 539 g/mol. The minimum absolute atomic E-state index is 0.0548. The molecule has 2 heterocycles. The van der Waals surface area contributed by atoms with E-state index in [1.165, 1.54) is 9.80 Å². The molecule has 1 unspecified atom stereocenters. The van der Waals surface area contributed by atoms with Crippen LogP contribution in [0.1, 0.15) is 25.8 Å². The zero-order valence-electron chi connectivity index (χ0n) is 22.4. The number of aliphatic hydroxyl groups excluding tert-OH is 1. The molecule has 0 aromatic heterocycles. The topological polar surface area (TPSA) is 118 Å². The molecule has 0 bridgehead atoms. The van der Waals surface area contributed by atoms with E-state index in [1.54, 1.807) is 12.1 Å². The number of cyclic esters (lactones) is 1. The highest BCUT2D eigenvalue weighted by atomic mass is 16.6. The Morgan fingerprint density at radius 2 is 1.79 bits per heavy atom. The van der Waals surface area contributed by atoms with Gasteiger partial charge >= 0.3 is 12.2 Å². The van der Waals surface area contributed by atoms with E-state index in [0.717, 1.165) is 5.56 Å². The van der Waals surface area contributed by atoms with Gasteiger partial charge in [0.15, 0.2) is 6.10 Å². The van der Waals surface area contributed by atoms with E-state index >= 15 is 0 Å². The maximum atomic E-state index is 13.6. The predicted molar refractivity (Wildman–Crippen MR) is 144 cm³/mol. The summed E-state index contributed by atoms with van der Waals surface area (Å²) in [6.07, 6.45) is -2.72. The van der Waals surface area contributed by atoms with Gasteiger partial charge in [-0.3, -0.25) is 9.69 Å². The molecule has 2 saturated heterocycles. The largest absolute Gasteiger partial charge is 0.444 e. The van der Waals surface area contributed by atoms with E-state index in [0.29, 0.717) is 38.3 Å². The average molecular weight is 540 g/mol. The lowest BCUT2D eigenvalue weighted by atomic mass is 10.0. The Kier molecular flexibility index (Phi) is 9.78. The molecule has 2 N–H and O–H groups in total. The fraction of sp³-hybridized carbons (Fsp3) is 0.483. The number of alkyl carbamates (subject to hydrolysis) is 1. The summed E-state index contributed by atoms with van der Waals surface area (Å²) in [4.78, 5) is 41.7. The highest BCUT2D eigenvalue weighted by Gasteiger charge is 2.40. The Labute approximate surface area is 228 Å². The zero-order valence-corrected chi connectivity index (χ0v) is 22.4. The van der Waals surface area contributed by atoms with Crippen LogP contribution in [0.3, 0.4) is 0 Å². The SMILES string of the molecule is CC(C)CN(C[C@@H](O)[C@H](Cc1ccccc1)NC(=O)O[C@H]1CCOC1)C(=O)C1CN(c2ccccc2)C(=O)O1. The van der Waals surface area contributed by atoms with Crippen LogP contribution in [0.2, 0.25) is 0 Å². The summed E-state index contributed by atoms with van der Waals surface area (Å²) >= 11 is 0. The van der Waals surface area contributed by atoms with Crippen LogP contribution in [0.25, 0.3) is 0 Å². The van der Waals surface area contributed by atoms with Crippen LogP contribution in [0, 0.1) is 5.92 Å². The van der Waals surface area contributed by atoms with Crippen molar-refractivity contribution in [3.05, 3.63) is 66.2 Å². The summed E-state index contributed by atoms with van der Waals surface area (Å²) in [5, 5.41) is 14.1. The molecule has 0 saturated carbocycles. The molecule has 3 amide bonds. The fourth-order valence-electron chi connectivity index (χ4n) is 4.76. The molecule has 2 aliphatic heterocycles. The first-order valence-corrected chi connectivity index (χ1v) is 13.4. The Hall–Kier alpha value is -3.63. The van der Waals surface area contributed by atoms with Gasteiger partial charge in [-0.15, -0.1) is 0 Å². The van der Waals surface area contributed by atoms with Crippen molar-refractivity contribution in [1.82, 2.24) is 10.2 Å². The standard InChI is InChI=1S/C29H37N3O7/c1-20(2)16-31(27(34)26-18-32(29(36)39-26)22-11-7-4-8-12-22)17-25(33)24(15-21-9-5-3-6-10-21)30-28(35)38-23-13-14-37-19-23/h3-12,20,23-26,33H,13-19H2,1-2H3,(H,30,35)/t23-,24-,25+,26?/m0/s1. The molecular formula is C29H37N3O7. The molecule has 39 heavy (non-hydrogen) atoms. The highest BCUT2D eigenvalue weighted by molar-refractivity contribution is 5.95. The van der Waals surface area contributed by atoms with Crippen molar-refractivity contribution in [2.24, 2.45) is 5.92 Å². The summed E-state index contributed by atoms with van der Waals surface area (Å²) in [5.41, 5.74) is 1.56. The quantitative estimate of drug-likeness (QED) is 0.451. The second-order valence-corrected chi connectivity index (χ2v) is 10.4. The lowest BCUT2D eigenvalue weighted by Gasteiger charge is -2.32. The molecular weight excluding hydrogens is 502 g/mol. The molecule has 2 aromatic rings. The van der Waals surface area contributed by atoms with Crippen molar-refractivity contribution in [1.29, 1.82) is 0 Å². The first kappa shape index (κ1) is 28.4. The number of anilines is 1. The third-order valence-electron chi connectivity index (χ3n) is 6.69. The number of rotatable bonds is 11. The zero-order chi connectivity index (χ0) is 27.8. The predicted octanol–water partition coefficient (Wildman–Crippen LogP) is 2.98. The average Bonchev–Trinajstić information content (AvgIpc) is 3.57. The Balaban J connectivity index is 1.46. The Morgan fingerprint density at radius 1 is 1.10 bits per heavy atom.